The number of benzene rings is 1. The molecular weight excluding hydrogens is 210 g/mol. The fourth-order valence-corrected chi connectivity index (χ4v) is 2.53. The van der Waals surface area contributed by atoms with Gasteiger partial charge in [0.05, 0.1) is 5.60 Å². The first-order valence-electron chi connectivity index (χ1n) is 6.67. The van der Waals surface area contributed by atoms with Gasteiger partial charge in [-0.2, -0.15) is 0 Å². The number of hydrogen-bond donors (Lipinski definition) is 2. The van der Waals surface area contributed by atoms with Gasteiger partial charge < -0.3 is 10.4 Å². The van der Waals surface area contributed by atoms with Gasteiger partial charge in [-0.05, 0) is 25.3 Å². The summed E-state index contributed by atoms with van der Waals surface area (Å²) in [7, 11) is 0. The zero-order valence-corrected chi connectivity index (χ0v) is 10.7. The summed E-state index contributed by atoms with van der Waals surface area (Å²) < 4.78 is 0. The van der Waals surface area contributed by atoms with Crippen LogP contribution in [0, 0.1) is 6.92 Å². The molecule has 0 amide bonds. The maximum absolute atomic E-state index is 10.3. The maximum atomic E-state index is 10.3. The fourth-order valence-electron chi connectivity index (χ4n) is 2.53. The topological polar surface area (TPSA) is 32.3 Å². The minimum atomic E-state index is -0.455. The average molecular weight is 233 g/mol. The van der Waals surface area contributed by atoms with E-state index in [1.54, 1.807) is 0 Å². The van der Waals surface area contributed by atoms with Crippen LogP contribution in [-0.4, -0.2) is 17.3 Å². The molecule has 1 aliphatic rings. The second-order valence-electron chi connectivity index (χ2n) is 5.37. The van der Waals surface area contributed by atoms with E-state index in [-0.39, 0.29) is 0 Å². The smallest absolute Gasteiger partial charge is 0.0771 e. The van der Waals surface area contributed by atoms with Crippen molar-refractivity contribution in [3.8, 4) is 0 Å². The van der Waals surface area contributed by atoms with Gasteiger partial charge in [0.2, 0.25) is 0 Å². The van der Waals surface area contributed by atoms with Crippen molar-refractivity contribution in [3.63, 3.8) is 0 Å². The summed E-state index contributed by atoms with van der Waals surface area (Å²) in [5.74, 6) is 0. The lowest BCUT2D eigenvalue weighted by atomic mass is 9.85. The Morgan fingerprint density at radius 2 is 1.76 bits per heavy atom. The third-order valence-electron chi connectivity index (χ3n) is 3.69. The van der Waals surface area contributed by atoms with E-state index in [2.05, 4.69) is 36.5 Å². The lowest BCUT2D eigenvalue weighted by Gasteiger charge is -2.32. The van der Waals surface area contributed by atoms with Crippen molar-refractivity contribution in [3.05, 3.63) is 35.4 Å². The highest BCUT2D eigenvalue weighted by molar-refractivity contribution is 5.21. The third-order valence-corrected chi connectivity index (χ3v) is 3.69. The monoisotopic (exact) mass is 233 g/mol. The van der Waals surface area contributed by atoms with Gasteiger partial charge >= 0.3 is 0 Å². The van der Waals surface area contributed by atoms with Crippen molar-refractivity contribution < 1.29 is 5.11 Å². The maximum Gasteiger partial charge on any atom is 0.0771 e. The van der Waals surface area contributed by atoms with Gasteiger partial charge in [0.25, 0.3) is 0 Å². The van der Waals surface area contributed by atoms with E-state index in [4.69, 9.17) is 0 Å². The first-order valence-corrected chi connectivity index (χ1v) is 6.67. The Morgan fingerprint density at radius 1 is 1.12 bits per heavy atom. The van der Waals surface area contributed by atoms with E-state index in [1.165, 1.54) is 30.4 Å². The molecule has 2 N–H and O–H groups in total. The van der Waals surface area contributed by atoms with Crippen LogP contribution in [0.1, 0.15) is 43.2 Å². The fraction of sp³-hybridized carbons (Fsp3) is 0.600. The van der Waals surface area contributed by atoms with E-state index in [0.29, 0.717) is 0 Å². The number of aryl methyl sites for hydroxylation is 1. The molecule has 0 heterocycles. The van der Waals surface area contributed by atoms with Crippen molar-refractivity contribution in [2.75, 3.05) is 6.54 Å². The van der Waals surface area contributed by atoms with Crippen LogP contribution >= 0.6 is 0 Å². The highest BCUT2D eigenvalue weighted by Gasteiger charge is 2.28. The lowest BCUT2D eigenvalue weighted by molar-refractivity contribution is 0.00468. The Hall–Kier alpha value is -0.860. The van der Waals surface area contributed by atoms with Gasteiger partial charge in [0.15, 0.2) is 0 Å². The molecule has 2 rings (SSSR count). The van der Waals surface area contributed by atoms with E-state index in [0.717, 1.165) is 25.9 Å². The molecule has 1 saturated carbocycles. The minimum Gasteiger partial charge on any atom is -0.389 e. The van der Waals surface area contributed by atoms with Crippen LogP contribution in [0.25, 0.3) is 0 Å². The summed E-state index contributed by atoms with van der Waals surface area (Å²) in [5.41, 5.74) is 2.12. The summed E-state index contributed by atoms with van der Waals surface area (Å²) in [4.78, 5) is 0. The van der Waals surface area contributed by atoms with Crippen LogP contribution < -0.4 is 5.32 Å². The molecule has 94 valence electrons. The van der Waals surface area contributed by atoms with Crippen LogP contribution in [-0.2, 0) is 6.54 Å². The zero-order chi connectivity index (χ0) is 12.1. The van der Waals surface area contributed by atoms with Crippen molar-refractivity contribution in [2.45, 2.75) is 51.2 Å². The molecule has 1 aromatic rings. The summed E-state index contributed by atoms with van der Waals surface area (Å²) in [5, 5.41) is 13.7. The van der Waals surface area contributed by atoms with E-state index in [9.17, 15) is 5.11 Å². The number of rotatable bonds is 4. The quantitative estimate of drug-likeness (QED) is 0.838. The second-order valence-corrected chi connectivity index (χ2v) is 5.37. The van der Waals surface area contributed by atoms with Gasteiger partial charge in [-0.1, -0.05) is 49.1 Å². The number of aliphatic hydroxyl groups is 1. The Balaban J connectivity index is 1.77. The molecule has 2 nitrogen and oxygen atoms in total. The molecule has 1 fully saturated rings. The van der Waals surface area contributed by atoms with Crippen LogP contribution in [0.15, 0.2) is 24.3 Å². The largest absolute Gasteiger partial charge is 0.389 e. The molecular formula is C15H23NO. The first-order chi connectivity index (χ1) is 8.18. The Kier molecular flexibility index (Phi) is 4.19. The highest BCUT2D eigenvalue weighted by Crippen LogP contribution is 2.27. The summed E-state index contributed by atoms with van der Waals surface area (Å²) in [6.45, 7) is 3.67. The molecule has 0 aromatic heterocycles. The first kappa shape index (κ1) is 12.6. The summed E-state index contributed by atoms with van der Waals surface area (Å²) in [6, 6.07) is 8.55. The molecule has 1 aromatic carbocycles. The van der Waals surface area contributed by atoms with Gasteiger partial charge in [0.1, 0.15) is 0 Å². The van der Waals surface area contributed by atoms with Crippen molar-refractivity contribution in [1.29, 1.82) is 0 Å². The normalized spacial score (nSPS) is 19.2. The van der Waals surface area contributed by atoms with Crippen LogP contribution in [0.4, 0.5) is 0 Å². The zero-order valence-electron chi connectivity index (χ0n) is 10.7. The van der Waals surface area contributed by atoms with Crippen molar-refractivity contribution >= 4 is 0 Å². The van der Waals surface area contributed by atoms with Crippen LogP contribution in [0.2, 0.25) is 0 Å². The minimum absolute atomic E-state index is 0.455. The van der Waals surface area contributed by atoms with Crippen molar-refractivity contribution in [1.82, 2.24) is 5.32 Å². The average Bonchev–Trinajstić information content (AvgIpc) is 2.32. The highest BCUT2D eigenvalue weighted by atomic mass is 16.3. The number of nitrogens with one attached hydrogen (secondary N) is 1. The molecule has 0 radical (unpaired) electrons. The Morgan fingerprint density at radius 3 is 2.41 bits per heavy atom. The molecule has 17 heavy (non-hydrogen) atoms. The van der Waals surface area contributed by atoms with Crippen LogP contribution in [0.3, 0.4) is 0 Å². The molecule has 0 saturated heterocycles. The molecule has 0 aliphatic heterocycles. The Bertz CT molecular complexity index is 338. The summed E-state index contributed by atoms with van der Waals surface area (Å²) in [6.07, 6.45) is 5.52. The SMILES string of the molecule is Cc1ccc(CNCC2(O)CCCCC2)cc1. The third kappa shape index (κ3) is 3.83. The Labute approximate surface area is 104 Å². The molecule has 0 bridgehead atoms. The van der Waals surface area contributed by atoms with E-state index in [1.807, 2.05) is 0 Å². The van der Waals surface area contributed by atoms with E-state index >= 15 is 0 Å². The van der Waals surface area contributed by atoms with E-state index < -0.39 is 5.60 Å². The van der Waals surface area contributed by atoms with Gasteiger partial charge in [-0.3, -0.25) is 0 Å². The molecule has 0 unspecified atom stereocenters. The van der Waals surface area contributed by atoms with Crippen molar-refractivity contribution in [2.24, 2.45) is 0 Å². The van der Waals surface area contributed by atoms with Crippen LogP contribution in [0.5, 0.6) is 0 Å². The second kappa shape index (κ2) is 5.65. The predicted octanol–water partition coefficient (Wildman–Crippen LogP) is 2.78. The molecule has 0 atom stereocenters. The predicted molar refractivity (Wildman–Crippen MR) is 70.9 cm³/mol. The molecule has 0 spiro atoms. The van der Waals surface area contributed by atoms with Gasteiger partial charge in [-0.25, -0.2) is 0 Å². The lowest BCUT2D eigenvalue weighted by Crippen LogP contribution is -2.41. The standard InChI is InChI=1S/C15H23NO/c1-13-5-7-14(8-6-13)11-16-12-15(17)9-3-2-4-10-15/h5-8,16-17H,2-4,9-12H2,1H3. The van der Waals surface area contributed by atoms with Gasteiger partial charge in [-0.15, -0.1) is 0 Å². The van der Waals surface area contributed by atoms with Gasteiger partial charge in [0, 0.05) is 13.1 Å². The summed E-state index contributed by atoms with van der Waals surface area (Å²) >= 11 is 0. The number of hydrogen-bond acceptors (Lipinski definition) is 2. The molecule has 2 heteroatoms. The molecule has 1 aliphatic carbocycles.